The van der Waals surface area contributed by atoms with Crippen molar-refractivity contribution in [2.45, 2.75) is 33.2 Å². The van der Waals surface area contributed by atoms with Crippen LogP contribution in [0.2, 0.25) is 0 Å². The molecule has 0 aromatic carbocycles. The van der Waals surface area contributed by atoms with Crippen molar-refractivity contribution >= 4 is 15.7 Å². The topological polar surface area (TPSA) is 57.7 Å². The fourth-order valence-corrected chi connectivity index (χ4v) is 4.59. The van der Waals surface area contributed by atoms with Gasteiger partial charge in [0.25, 0.3) is 0 Å². The van der Waals surface area contributed by atoms with Crippen molar-refractivity contribution in [2.24, 2.45) is 5.41 Å². The van der Waals surface area contributed by atoms with Gasteiger partial charge in [0.2, 0.25) is 5.91 Å². The number of carbonyl (C=O) groups is 1. The summed E-state index contributed by atoms with van der Waals surface area (Å²) in [7, 11) is -2.82. The van der Waals surface area contributed by atoms with Crippen LogP contribution in [0.1, 0.15) is 27.2 Å². The Balaban J connectivity index is 1.88. The molecule has 1 unspecified atom stereocenters. The molecule has 0 saturated carbocycles. The summed E-state index contributed by atoms with van der Waals surface area (Å²) >= 11 is 0. The zero-order valence-electron chi connectivity index (χ0n) is 12.1. The quantitative estimate of drug-likeness (QED) is 0.699. The van der Waals surface area contributed by atoms with Crippen LogP contribution in [0.4, 0.5) is 0 Å². The van der Waals surface area contributed by atoms with Crippen LogP contribution in [-0.4, -0.2) is 67.9 Å². The average Bonchev–Trinajstić information content (AvgIpc) is 2.68. The monoisotopic (exact) mass is 288 g/mol. The highest BCUT2D eigenvalue weighted by Crippen LogP contribution is 2.22. The molecule has 19 heavy (non-hydrogen) atoms. The summed E-state index contributed by atoms with van der Waals surface area (Å²) in [6.45, 7) is 8.82. The Morgan fingerprint density at radius 3 is 2.11 bits per heavy atom. The Labute approximate surface area is 115 Å². The van der Waals surface area contributed by atoms with E-state index in [4.69, 9.17) is 0 Å². The molecule has 0 bridgehead atoms. The predicted molar refractivity (Wildman–Crippen MR) is 74.7 cm³/mol. The molecule has 2 rings (SSSR count). The Hall–Kier alpha value is -0.620. The lowest BCUT2D eigenvalue weighted by Crippen LogP contribution is -2.54. The number of piperazine rings is 1. The molecule has 0 radical (unpaired) electrons. The minimum Gasteiger partial charge on any atom is -0.340 e. The number of hydrogen-bond donors (Lipinski definition) is 0. The summed E-state index contributed by atoms with van der Waals surface area (Å²) in [5.41, 5.74) is -0.334. The zero-order chi connectivity index (χ0) is 14.3. The van der Waals surface area contributed by atoms with Crippen molar-refractivity contribution in [3.8, 4) is 0 Å². The molecule has 1 amide bonds. The van der Waals surface area contributed by atoms with Gasteiger partial charge < -0.3 is 4.90 Å². The van der Waals surface area contributed by atoms with Crippen LogP contribution in [0, 0.1) is 5.41 Å². The van der Waals surface area contributed by atoms with Crippen molar-refractivity contribution in [2.75, 3.05) is 37.7 Å². The van der Waals surface area contributed by atoms with E-state index in [9.17, 15) is 13.2 Å². The molecule has 1 atom stereocenters. The normalized spacial score (nSPS) is 28.6. The van der Waals surface area contributed by atoms with E-state index in [1.807, 2.05) is 25.7 Å². The van der Waals surface area contributed by atoms with Crippen LogP contribution in [0.25, 0.3) is 0 Å². The first-order valence-corrected chi connectivity index (χ1v) is 8.75. The second kappa shape index (κ2) is 5.05. The second-order valence-corrected chi connectivity index (χ2v) is 8.86. The lowest BCUT2D eigenvalue weighted by atomic mass is 9.94. The second-order valence-electron chi connectivity index (χ2n) is 6.64. The summed E-state index contributed by atoms with van der Waals surface area (Å²) in [4.78, 5) is 16.3. The molecule has 5 nitrogen and oxygen atoms in total. The molecule has 0 aromatic heterocycles. The van der Waals surface area contributed by atoms with Crippen LogP contribution >= 0.6 is 0 Å². The largest absolute Gasteiger partial charge is 0.340 e. The predicted octanol–water partition coefficient (Wildman–Crippen LogP) is 0.364. The molecule has 2 fully saturated rings. The highest BCUT2D eigenvalue weighted by atomic mass is 32.2. The smallest absolute Gasteiger partial charge is 0.228 e. The first-order valence-electron chi connectivity index (χ1n) is 6.93. The van der Waals surface area contributed by atoms with Crippen molar-refractivity contribution in [1.82, 2.24) is 9.80 Å². The van der Waals surface area contributed by atoms with Crippen LogP contribution in [-0.2, 0) is 14.6 Å². The minimum atomic E-state index is -2.82. The molecule has 2 aliphatic rings. The fraction of sp³-hybridized carbons (Fsp3) is 0.923. The maximum atomic E-state index is 12.2. The molecule has 2 aliphatic heterocycles. The van der Waals surface area contributed by atoms with Crippen molar-refractivity contribution in [1.29, 1.82) is 0 Å². The maximum absolute atomic E-state index is 12.2. The molecule has 0 aliphatic carbocycles. The zero-order valence-corrected chi connectivity index (χ0v) is 12.9. The van der Waals surface area contributed by atoms with Gasteiger partial charge in [-0.3, -0.25) is 9.69 Å². The Bertz CT molecular complexity index is 445. The highest BCUT2D eigenvalue weighted by Gasteiger charge is 2.35. The molecular formula is C13H24N2O3S. The SMILES string of the molecule is CC(C)(C)C(=O)N1CCN(C2CCS(=O)(=O)C2)CC1. The lowest BCUT2D eigenvalue weighted by molar-refractivity contribution is -0.141. The van der Waals surface area contributed by atoms with Crippen LogP contribution in [0.15, 0.2) is 0 Å². The van der Waals surface area contributed by atoms with Crippen molar-refractivity contribution in [3.63, 3.8) is 0 Å². The third-order valence-electron chi connectivity index (χ3n) is 3.97. The van der Waals surface area contributed by atoms with Gasteiger partial charge in [-0.05, 0) is 6.42 Å². The Morgan fingerprint density at radius 2 is 1.68 bits per heavy atom. The van der Waals surface area contributed by atoms with E-state index in [0.29, 0.717) is 24.6 Å². The molecular weight excluding hydrogens is 264 g/mol. The minimum absolute atomic E-state index is 0.164. The van der Waals surface area contributed by atoms with Gasteiger partial charge in [0.1, 0.15) is 0 Å². The highest BCUT2D eigenvalue weighted by molar-refractivity contribution is 7.91. The number of hydrogen-bond acceptors (Lipinski definition) is 4. The van der Waals surface area contributed by atoms with Gasteiger partial charge in [-0.2, -0.15) is 0 Å². The van der Waals surface area contributed by atoms with Gasteiger partial charge >= 0.3 is 0 Å². The molecule has 0 aromatic rings. The van der Waals surface area contributed by atoms with Crippen LogP contribution in [0.5, 0.6) is 0 Å². The molecule has 0 spiro atoms. The van der Waals surface area contributed by atoms with E-state index in [0.717, 1.165) is 19.5 Å². The van der Waals surface area contributed by atoms with E-state index in [1.54, 1.807) is 0 Å². The first-order chi connectivity index (χ1) is 8.69. The van der Waals surface area contributed by atoms with E-state index < -0.39 is 9.84 Å². The van der Waals surface area contributed by atoms with Crippen LogP contribution < -0.4 is 0 Å². The number of amides is 1. The lowest BCUT2D eigenvalue weighted by Gasteiger charge is -2.39. The third-order valence-corrected chi connectivity index (χ3v) is 5.72. The van der Waals surface area contributed by atoms with E-state index in [2.05, 4.69) is 4.90 Å². The Kier molecular flexibility index (Phi) is 3.93. The molecule has 6 heteroatoms. The summed E-state index contributed by atoms with van der Waals surface area (Å²) in [6, 6.07) is 0.164. The van der Waals surface area contributed by atoms with E-state index in [-0.39, 0.29) is 17.4 Å². The van der Waals surface area contributed by atoms with Crippen molar-refractivity contribution < 1.29 is 13.2 Å². The molecule has 2 heterocycles. The van der Waals surface area contributed by atoms with E-state index >= 15 is 0 Å². The average molecular weight is 288 g/mol. The third kappa shape index (κ3) is 3.48. The van der Waals surface area contributed by atoms with Gasteiger partial charge in [-0.25, -0.2) is 8.42 Å². The molecule has 2 saturated heterocycles. The van der Waals surface area contributed by atoms with Gasteiger partial charge in [-0.15, -0.1) is 0 Å². The number of carbonyl (C=O) groups excluding carboxylic acids is 1. The van der Waals surface area contributed by atoms with Gasteiger partial charge in [0.15, 0.2) is 9.84 Å². The number of sulfone groups is 1. The fourth-order valence-electron chi connectivity index (χ4n) is 2.83. The molecule has 110 valence electrons. The van der Waals surface area contributed by atoms with Gasteiger partial charge in [0.05, 0.1) is 11.5 Å². The van der Waals surface area contributed by atoms with E-state index in [1.165, 1.54) is 0 Å². The Morgan fingerprint density at radius 1 is 1.11 bits per heavy atom. The summed E-state index contributed by atoms with van der Waals surface area (Å²) in [5, 5.41) is 0. The van der Waals surface area contributed by atoms with Crippen LogP contribution in [0.3, 0.4) is 0 Å². The number of rotatable bonds is 1. The maximum Gasteiger partial charge on any atom is 0.228 e. The summed E-state index contributed by atoms with van der Waals surface area (Å²) < 4.78 is 23.0. The summed E-state index contributed by atoms with van der Waals surface area (Å²) in [5.74, 6) is 0.796. The van der Waals surface area contributed by atoms with Gasteiger partial charge in [-0.1, -0.05) is 20.8 Å². The molecule has 0 N–H and O–H groups in total. The van der Waals surface area contributed by atoms with Gasteiger partial charge in [0, 0.05) is 37.6 Å². The summed E-state index contributed by atoms with van der Waals surface area (Å²) in [6.07, 6.45) is 0.746. The van der Waals surface area contributed by atoms with Crippen molar-refractivity contribution in [3.05, 3.63) is 0 Å². The first kappa shape index (κ1) is 14.8. The number of nitrogens with zero attached hydrogens (tertiary/aromatic N) is 2. The standard InChI is InChI=1S/C13H24N2O3S/c1-13(2,3)12(16)15-7-5-14(6-8-15)11-4-9-19(17,18)10-11/h11H,4-10H2,1-3H3.